The zero-order chi connectivity index (χ0) is 14.3. The van der Waals surface area contributed by atoms with Gasteiger partial charge in [0.25, 0.3) is 0 Å². The monoisotopic (exact) mass is 268 g/mol. The van der Waals surface area contributed by atoms with Crippen LogP contribution in [0.2, 0.25) is 0 Å². The summed E-state index contributed by atoms with van der Waals surface area (Å²) in [5, 5.41) is 19.1. The molecule has 0 aliphatic carbocycles. The number of hydrogen-bond acceptors (Lipinski definition) is 4. The number of hydrogen-bond donors (Lipinski definition) is 2. The minimum absolute atomic E-state index is 0.0844. The molecule has 0 aromatic heterocycles. The maximum Gasteiger partial charge on any atom is 0.235 e. The number of carbonyl (C=O) groups is 1. The number of allylic oxidation sites excluding steroid dienone is 1. The van der Waals surface area contributed by atoms with Gasteiger partial charge in [-0.2, -0.15) is 0 Å². The largest absolute Gasteiger partial charge is 0.508 e. The average molecular weight is 268 g/mol. The lowest BCUT2D eigenvalue weighted by molar-refractivity contribution is 0.101. The highest BCUT2D eigenvalue weighted by molar-refractivity contribution is 6.16. The number of ether oxygens (including phenoxy) is 1. The highest BCUT2D eigenvalue weighted by Gasteiger charge is 2.31. The normalized spacial score (nSPS) is 15.2. The molecular weight excluding hydrogens is 256 g/mol. The van der Waals surface area contributed by atoms with E-state index in [1.807, 2.05) is 31.2 Å². The van der Waals surface area contributed by atoms with Crippen LogP contribution in [-0.2, 0) is 0 Å². The maximum atomic E-state index is 12.2. The molecule has 1 aliphatic heterocycles. The Morgan fingerprint density at radius 2 is 1.80 bits per heavy atom. The lowest BCUT2D eigenvalue weighted by Gasteiger charge is -2.00. The van der Waals surface area contributed by atoms with E-state index in [2.05, 4.69) is 0 Å². The lowest BCUT2D eigenvalue weighted by atomic mass is 10.1. The van der Waals surface area contributed by atoms with Crippen LogP contribution in [0.3, 0.4) is 0 Å². The van der Waals surface area contributed by atoms with Crippen LogP contribution in [-0.4, -0.2) is 16.0 Å². The van der Waals surface area contributed by atoms with Gasteiger partial charge in [0.15, 0.2) is 5.76 Å². The molecular formula is C16H12O4. The van der Waals surface area contributed by atoms with Gasteiger partial charge in [-0.3, -0.25) is 4.79 Å². The fraction of sp³-hybridized carbons (Fsp3) is 0.0625. The standard InChI is InChI=1S/C16H12O4/c1-9-2-4-10(5-3-9)6-14-16(19)15-12(18)7-11(17)8-13(15)20-14/h2-8,17-18H,1H3/b14-6-. The molecule has 0 saturated carbocycles. The van der Waals surface area contributed by atoms with Crippen molar-refractivity contribution in [2.24, 2.45) is 0 Å². The second-order valence-electron chi connectivity index (χ2n) is 4.69. The van der Waals surface area contributed by atoms with Crippen LogP contribution in [0.25, 0.3) is 6.08 Å². The number of rotatable bonds is 1. The first-order chi connectivity index (χ1) is 9.54. The van der Waals surface area contributed by atoms with Gasteiger partial charge in [0.05, 0.1) is 0 Å². The van der Waals surface area contributed by atoms with Crippen molar-refractivity contribution < 1.29 is 19.7 Å². The van der Waals surface area contributed by atoms with Crippen LogP contribution in [0.5, 0.6) is 17.2 Å². The van der Waals surface area contributed by atoms with Crippen LogP contribution in [0.15, 0.2) is 42.2 Å². The molecule has 1 heterocycles. The third-order valence-corrected chi connectivity index (χ3v) is 3.11. The third kappa shape index (κ3) is 2.01. The molecule has 20 heavy (non-hydrogen) atoms. The molecule has 2 aromatic rings. The number of fused-ring (bicyclic) bond motifs is 1. The van der Waals surface area contributed by atoms with E-state index in [4.69, 9.17) is 4.74 Å². The molecule has 1 aliphatic rings. The van der Waals surface area contributed by atoms with Crippen molar-refractivity contribution in [2.45, 2.75) is 6.92 Å². The van der Waals surface area contributed by atoms with Gasteiger partial charge in [-0.25, -0.2) is 0 Å². The Labute approximate surface area is 115 Å². The average Bonchev–Trinajstić information content (AvgIpc) is 2.69. The molecule has 100 valence electrons. The Morgan fingerprint density at radius 3 is 2.50 bits per heavy atom. The second kappa shape index (κ2) is 4.42. The van der Waals surface area contributed by atoms with E-state index in [9.17, 15) is 15.0 Å². The summed E-state index contributed by atoms with van der Waals surface area (Å²) < 4.78 is 5.41. The molecule has 3 rings (SSSR count). The highest BCUT2D eigenvalue weighted by atomic mass is 16.5. The van der Waals surface area contributed by atoms with Crippen LogP contribution < -0.4 is 4.74 Å². The van der Waals surface area contributed by atoms with Crippen molar-refractivity contribution >= 4 is 11.9 Å². The molecule has 0 bridgehead atoms. The van der Waals surface area contributed by atoms with Crippen LogP contribution >= 0.6 is 0 Å². The van der Waals surface area contributed by atoms with Gasteiger partial charge in [-0.05, 0) is 18.6 Å². The molecule has 0 saturated heterocycles. The first kappa shape index (κ1) is 12.3. The number of ketones is 1. The van der Waals surface area contributed by atoms with Crippen molar-refractivity contribution in [3.05, 3.63) is 58.8 Å². The van der Waals surface area contributed by atoms with Crippen molar-refractivity contribution in [1.82, 2.24) is 0 Å². The number of benzene rings is 2. The zero-order valence-electron chi connectivity index (χ0n) is 10.8. The number of Topliss-reactive ketones (excluding diaryl/α,β-unsaturated/α-hetero) is 1. The Bertz CT molecular complexity index is 727. The molecule has 0 atom stereocenters. The van der Waals surface area contributed by atoms with Gasteiger partial charge in [-0.15, -0.1) is 0 Å². The molecule has 0 amide bonds. The topological polar surface area (TPSA) is 66.8 Å². The van der Waals surface area contributed by atoms with Gasteiger partial charge < -0.3 is 14.9 Å². The Morgan fingerprint density at radius 1 is 1.10 bits per heavy atom. The van der Waals surface area contributed by atoms with Crippen molar-refractivity contribution in [1.29, 1.82) is 0 Å². The van der Waals surface area contributed by atoms with E-state index in [0.29, 0.717) is 0 Å². The van der Waals surface area contributed by atoms with E-state index in [1.54, 1.807) is 6.08 Å². The number of phenols is 2. The summed E-state index contributed by atoms with van der Waals surface area (Å²) >= 11 is 0. The molecule has 0 spiro atoms. The zero-order valence-corrected chi connectivity index (χ0v) is 10.8. The van der Waals surface area contributed by atoms with Gasteiger partial charge in [-0.1, -0.05) is 29.8 Å². The summed E-state index contributed by atoms with van der Waals surface area (Å²) in [5.74, 6) is -0.517. The number of aryl methyl sites for hydroxylation is 1. The summed E-state index contributed by atoms with van der Waals surface area (Å²) in [4.78, 5) is 12.2. The predicted octanol–water partition coefficient (Wildman–Crippen LogP) is 3.02. The molecule has 2 aromatic carbocycles. The maximum absolute atomic E-state index is 12.2. The summed E-state index contributed by atoms with van der Waals surface area (Å²) in [5.41, 5.74) is 2.04. The molecule has 0 radical (unpaired) electrons. The summed E-state index contributed by atoms with van der Waals surface area (Å²) in [6.45, 7) is 1.98. The van der Waals surface area contributed by atoms with Crippen LogP contribution in [0.1, 0.15) is 21.5 Å². The number of phenolic OH excluding ortho intramolecular Hbond substituents is 2. The van der Waals surface area contributed by atoms with E-state index in [1.165, 1.54) is 6.07 Å². The van der Waals surface area contributed by atoms with Gasteiger partial charge in [0.1, 0.15) is 22.8 Å². The van der Waals surface area contributed by atoms with E-state index >= 15 is 0 Å². The second-order valence-corrected chi connectivity index (χ2v) is 4.69. The van der Waals surface area contributed by atoms with E-state index in [-0.39, 0.29) is 28.6 Å². The van der Waals surface area contributed by atoms with Gasteiger partial charge in [0, 0.05) is 12.1 Å². The van der Waals surface area contributed by atoms with Crippen LogP contribution in [0, 0.1) is 6.92 Å². The smallest absolute Gasteiger partial charge is 0.235 e. The first-order valence-electron chi connectivity index (χ1n) is 6.11. The quantitative estimate of drug-likeness (QED) is 0.780. The predicted molar refractivity (Wildman–Crippen MR) is 73.9 cm³/mol. The fourth-order valence-corrected chi connectivity index (χ4v) is 2.09. The number of aromatic hydroxyl groups is 2. The van der Waals surface area contributed by atoms with Gasteiger partial charge in [0.2, 0.25) is 5.78 Å². The lowest BCUT2D eigenvalue weighted by Crippen LogP contribution is -1.98. The van der Waals surface area contributed by atoms with Crippen molar-refractivity contribution in [3.63, 3.8) is 0 Å². The van der Waals surface area contributed by atoms with Crippen LogP contribution in [0.4, 0.5) is 0 Å². The molecule has 4 heteroatoms. The van der Waals surface area contributed by atoms with Gasteiger partial charge >= 0.3 is 0 Å². The minimum Gasteiger partial charge on any atom is -0.508 e. The fourth-order valence-electron chi connectivity index (χ4n) is 2.09. The van der Waals surface area contributed by atoms with E-state index in [0.717, 1.165) is 17.2 Å². The number of carbonyl (C=O) groups excluding carboxylic acids is 1. The highest BCUT2D eigenvalue weighted by Crippen LogP contribution is 2.40. The molecule has 2 N–H and O–H groups in total. The SMILES string of the molecule is Cc1ccc(/C=C2\Oc3cc(O)cc(O)c3C2=O)cc1. The Balaban J connectivity index is 2.01. The molecule has 4 nitrogen and oxygen atoms in total. The minimum atomic E-state index is -0.391. The van der Waals surface area contributed by atoms with Crippen molar-refractivity contribution in [2.75, 3.05) is 0 Å². The van der Waals surface area contributed by atoms with E-state index < -0.39 is 5.78 Å². The van der Waals surface area contributed by atoms with Crippen molar-refractivity contribution in [3.8, 4) is 17.2 Å². The third-order valence-electron chi connectivity index (χ3n) is 3.11. The summed E-state index contributed by atoms with van der Waals surface area (Å²) in [6, 6.07) is 10.0. The molecule has 0 unspecified atom stereocenters. The Kier molecular flexibility index (Phi) is 2.71. The first-order valence-corrected chi connectivity index (χ1v) is 6.11. The molecule has 0 fully saturated rings. The summed E-state index contributed by atoms with van der Waals surface area (Å²) in [6.07, 6.45) is 1.61. The Hall–Kier alpha value is -2.75. The summed E-state index contributed by atoms with van der Waals surface area (Å²) in [7, 11) is 0.